The molecule has 57 heavy (non-hydrogen) atoms. The standard InChI is InChI=1S/C55H40N2/c1-37-15-3-2-4-17-38(20-13-16-37)42-21-14-22-45(36-42)57-51-28-12-10-26-49(51)53-47-24-8-7-23-46(47)52-48-25-9-11-27-50(48)56(54(52)55(53)57)44-33-31-40(32-34-44)43-30-29-39-18-5-6-19-41(39)35-43/h2-12,14-15,18-36H,1,13,16-17H2/b4-2-,15-3-,38-20+. The molecule has 0 spiro atoms. The predicted octanol–water partition coefficient (Wildman–Crippen LogP) is 15.1. The maximum atomic E-state index is 4.26. The lowest BCUT2D eigenvalue weighted by Crippen LogP contribution is -2.00. The molecule has 2 heterocycles. The van der Waals surface area contributed by atoms with Gasteiger partial charge in [0.15, 0.2) is 0 Å². The number of fused-ring (bicyclic) bond motifs is 11. The Morgan fingerprint density at radius 1 is 0.456 bits per heavy atom. The number of hydrogen-bond donors (Lipinski definition) is 0. The summed E-state index contributed by atoms with van der Waals surface area (Å²) in [6, 6.07) is 60.6. The predicted molar refractivity (Wildman–Crippen MR) is 245 cm³/mol. The second-order valence-electron chi connectivity index (χ2n) is 15.3. The zero-order chi connectivity index (χ0) is 37.9. The first kappa shape index (κ1) is 33.2. The van der Waals surface area contributed by atoms with Crippen molar-refractivity contribution in [1.29, 1.82) is 0 Å². The third kappa shape index (κ3) is 5.48. The van der Waals surface area contributed by atoms with Crippen LogP contribution < -0.4 is 0 Å². The van der Waals surface area contributed by atoms with E-state index in [2.05, 4.69) is 210 Å². The van der Waals surface area contributed by atoms with Gasteiger partial charge in [-0.2, -0.15) is 0 Å². The molecule has 1 aliphatic rings. The van der Waals surface area contributed by atoms with Gasteiger partial charge in [0.1, 0.15) is 0 Å². The topological polar surface area (TPSA) is 9.86 Å². The van der Waals surface area contributed by atoms with E-state index in [4.69, 9.17) is 0 Å². The van der Waals surface area contributed by atoms with E-state index in [0.717, 1.165) is 36.2 Å². The lowest BCUT2D eigenvalue weighted by atomic mass is 9.98. The minimum absolute atomic E-state index is 0.881. The molecule has 0 fully saturated rings. The number of nitrogens with zero attached hydrogens (tertiary/aromatic N) is 2. The molecule has 0 atom stereocenters. The Morgan fingerprint density at radius 2 is 1.07 bits per heavy atom. The molecule has 0 bridgehead atoms. The van der Waals surface area contributed by atoms with Gasteiger partial charge in [0.2, 0.25) is 0 Å². The molecule has 0 N–H and O–H groups in total. The fourth-order valence-corrected chi connectivity index (χ4v) is 9.25. The fourth-order valence-electron chi connectivity index (χ4n) is 9.25. The number of hydrogen-bond acceptors (Lipinski definition) is 0. The van der Waals surface area contributed by atoms with E-state index in [1.54, 1.807) is 0 Å². The number of benzene rings is 8. The molecule has 1 aliphatic carbocycles. The van der Waals surface area contributed by atoms with Crippen molar-refractivity contribution in [2.45, 2.75) is 19.3 Å². The molecule has 8 aromatic carbocycles. The Labute approximate surface area is 332 Å². The number of allylic oxidation sites excluding steroid dienone is 7. The first-order chi connectivity index (χ1) is 28.2. The molecule has 0 unspecified atom stereocenters. The molecule has 0 aliphatic heterocycles. The van der Waals surface area contributed by atoms with Gasteiger partial charge in [-0.05, 0) is 106 Å². The highest BCUT2D eigenvalue weighted by Gasteiger charge is 2.24. The van der Waals surface area contributed by atoms with Crippen LogP contribution >= 0.6 is 0 Å². The summed E-state index contributed by atoms with van der Waals surface area (Å²) in [6.45, 7) is 4.26. The van der Waals surface area contributed by atoms with E-state index in [1.807, 2.05) is 0 Å². The Kier molecular flexibility index (Phi) is 7.89. The first-order valence-corrected chi connectivity index (χ1v) is 20.0. The molecule has 2 heteroatoms. The SMILES string of the molecule is C=C1/C=C\C=C/C/C(c2cccc(-n3c4ccccc4c4c5ccccc5c5c6ccccc6n(-c6ccc(-c7ccc8ccccc8c7)cc6)c5c43)c2)=C\CC1. The number of aromatic nitrogens is 2. The molecule has 2 nitrogen and oxygen atoms in total. The average molecular weight is 729 g/mol. The normalized spacial score (nSPS) is 15.8. The Hall–Kier alpha value is -7.16. The molecule has 270 valence electrons. The van der Waals surface area contributed by atoms with Crippen molar-refractivity contribution in [2.75, 3.05) is 0 Å². The number of rotatable bonds is 4. The summed E-state index contributed by atoms with van der Waals surface area (Å²) in [7, 11) is 0. The molecule has 0 saturated carbocycles. The van der Waals surface area contributed by atoms with Crippen LogP contribution in [0.4, 0.5) is 0 Å². The second-order valence-corrected chi connectivity index (χ2v) is 15.3. The molecule has 10 aromatic rings. The van der Waals surface area contributed by atoms with Crippen molar-refractivity contribution in [2.24, 2.45) is 0 Å². The molecular formula is C55H40N2. The second kappa shape index (κ2) is 13.5. The van der Waals surface area contributed by atoms with Crippen LogP contribution in [-0.4, -0.2) is 9.13 Å². The van der Waals surface area contributed by atoms with Crippen LogP contribution in [0.15, 0.2) is 206 Å². The van der Waals surface area contributed by atoms with Crippen molar-refractivity contribution in [3.05, 3.63) is 212 Å². The highest BCUT2D eigenvalue weighted by Crippen LogP contribution is 2.47. The average Bonchev–Trinajstić information content (AvgIpc) is 3.80. The van der Waals surface area contributed by atoms with Crippen LogP contribution in [0.3, 0.4) is 0 Å². The largest absolute Gasteiger partial charge is 0.307 e. The van der Waals surface area contributed by atoms with E-state index in [0.29, 0.717) is 0 Å². The zero-order valence-corrected chi connectivity index (χ0v) is 31.7. The smallest absolute Gasteiger partial charge is 0.0795 e. The maximum Gasteiger partial charge on any atom is 0.0795 e. The third-order valence-electron chi connectivity index (χ3n) is 11.9. The van der Waals surface area contributed by atoms with E-state index >= 15 is 0 Å². The molecular weight excluding hydrogens is 689 g/mol. The molecule has 0 saturated heterocycles. The van der Waals surface area contributed by atoms with Crippen LogP contribution in [0.2, 0.25) is 0 Å². The summed E-state index contributed by atoms with van der Waals surface area (Å²) in [5.41, 5.74) is 13.3. The van der Waals surface area contributed by atoms with Gasteiger partial charge < -0.3 is 9.13 Å². The lowest BCUT2D eigenvalue weighted by molar-refractivity contribution is 1.01. The van der Waals surface area contributed by atoms with Crippen LogP contribution in [0.25, 0.3) is 93.2 Å². The zero-order valence-electron chi connectivity index (χ0n) is 31.7. The van der Waals surface area contributed by atoms with Crippen molar-refractivity contribution in [3.63, 3.8) is 0 Å². The minimum atomic E-state index is 0.881. The van der Waals surface area contributed by atoms with Gasteiger partial charge in [-0.25, -0.2) is 0 Å². The molecule has 2 aromatic heterocycles. The molecule has 0 radical (unpaired) electrons. The van der Waals surface area contributed by atoms with Crippen molar-refractivity contribution in [3.8, 4) is 22.5 Å². The number of para-hydroxylation sites is 2. The Balaban J connectivity index is 1.20. The van der Waals surface area contributed by atoms with Crippen molar-refractivity contribution >= 4 is 70.7 Å². The van der Waals surface area contributed by atoms with Crippen molar-refractivity contribution < 1.29 is 0 Å². The molecule has 0 amide bonds. The van der Waals surface area contributed by atoms with Crippen LogP contribution in [0.1, 0.15) is 24.8 Å². The van der Waals surface area contributed by atoms with Gasteiger partial charge in [-0.1, -0.05) is 164 Å². The lowest BCUT2D eigenvalue weighted by Gasteiger charge is -2.15. The van der Waals surface area contributed by atoms with Gasteiger partial charge in [0.05, 0.1) is 22.1 Å². The van der Waals surface area contributed by atoms with Gasteiger partial charge >= 0.3 is 0 Å². The van der Waals surface area contributed by atoms with E-state index in [9.17, 15) is 0 Å². The van der Waals surface area contributed by atoms with Gasteiger partial charge in [-0.15, -0.1) is 0 Å². The maximum absolute atomic E-state index is 4.26. The summed E-state index contributed by atoms with van der Waals surface area (Å²) in [6.07, 6.45) is 13.9. The monoisotopic (exact) mass is 728 g/mol. The first-order valence-electron chi connectivity index (χ1n) is 20.0. The summed E-state index contributed by atoms with van der Waals surface area (Å²) < 4.78 is 5.04. The van der Waals surface area contributed by atoms with E-state index in [1.165, 1.54) is 87.4 Å². The Bertz CT molecular complexity index is 3320. The summed E-state index contributed by atoms with van der Waals surface area (Å²) in [5, 5.41) is 10.1. The highest BCUT2D eigenvalue weighted by atomic mass is 15.0. The molecule has 11 rings (SSSR count). The van der Waals surface area contributed by atoms with Crippen LogP contribution in [0, 0.1) is 0 Å². The third-order valence-corrected chi connectivity index (χ3v) is 11.9. The van der Waals surface area contributed by atoms with Crippen LogP contribution in [0.5, 0.6) is 0 Å². The van der Waals surface area contributed by atoms with Crippen molar-refractivity contribution in [1.82, 2.24) is 9.13 Å². The van der Waals surface area contributed by atoms with Gasteiger partial charge in [0.25, 0.3) is 0 Å². The van der Waals surface area contributed by atoms with E-state index in [-0.39, 0.29) is 0 Å². The van der Waals surface area contributed by atoms with E-state index < -0.39 is 0 Å². The van der Waals surface area contributed by atoms with Gasteiger partial charge in [0, 0.05) is 32.9 Å². The fraction of sp³-hybridized carbons (Fsp3) is 0.0545. The van der Waals surface area contributed by atoms with Crippen LogP contribution in [-0.2, 0) is 0 Å². The summed E-state index contributed by atoms with van der Waals surface area (Å²) in [4.78, 5) is 0. The quantitative estimate of drug-likeness (QED) is 0.171. The summed E-state index contributed by atoms with van der Waals surface area (Å²) >= 11 is 0. The van der Waals surface area contributed by atoms with Gasteiger partial charge in [-0.3, -0.25) is 0 Å². The minimum Gasteiger partial charge on any atom is -0.307 e. The summed E-state index contributed by atoms with van der Waals surface area (Å²) in [5.74, 6) is 0. The highest BCUT2D eigenvalue weighted by molar-refractivity contribution is 6.36. The Morgan fingerprint density at radius 3 is 1.79 bits per heavy atom.